The van der Waals surface area contributed by atoms with Crippen molar-refractivity contribution >= 4 is 11.6 Å². The Morgan fingerprint density at radius 2 is 1.81 bits per heavy atom. The zero-order chi connectivity index (χ0) is 22.2. The number of aromatic hydroxyl groups is 1. The summed E-state index contributed by atoms with van der Waals surface area (Å²) in [7, 11) is 0. The summed E-state index contributed by atoms with van der Waals surface area (Å²) in [5.41, 5.74) is 2.16. The Bertz CT molecular complexity index is 824. The molecule has 2 aromatic carbocycles. The Morgan fingerprint density at radius 1 is 1.10 bits per heavy atom. The number of anilines is 1. The number of nitrogens with zero attached hydrogens (tertiary/aromatic N) is 2. The molecule has 2 saturated heterocycles. The molecule has 0 aromatic heterocycles. The summed E-state index contributed by atoms with van der Waals surface area (Å²) in [6.45, 7) is 12.3. The minimum atomic E-state index is 0.0273. The highest BCUT2D eigenvalue weighted by atomic mass is 16.3. The number of likely N-dealkylation sites (tertiary alicyclic amines) is 2. The fourth-order valence-electron chi connectivity index (χ4n) is 4.83. The molecule has 2 fully saturated rings. The van der Waals surface area contributed by atoms with Crippen molar-refractivity contribution in [2.24, 2.45) is 5.92 Å². The lowest BCUT2D eigenvalue weighted by Crippen LogP contribution is -2.41. The van der Waals surface area contributed by atoms with Crippen LogP contribution in [0.3, 0.4) is 0 Å². The molecule has 0 aliphatic carbocycles. The molecule has 1 amide bonds. The predicted octanol–water partition coefficient (Wildman–Crippen LogP) is 4.68. The van der Waals surface area contributed by atoms with E-state index >= 15 is 0 Å². The first-order chi connectivity index (χ1) is 15.1. The maximum atomic E-state index is 12.6. The van der Waals surface area contributed by atoms with Crippen molar-refractivity contribution < 1.29 is 9.90 Å². The van der Waals surface area contributed by atoms with Gasteiger partial charge in [0.05, 0.1) is 5.92 Å². The smallest absolute Gasteiger partial charge is 0.228 e. The van der Waals surface area contributed by atoms with Gasteiger partial charge in [0.2, 0.25) is 5.91 Å². The fourth-order valence-corrected chi connectivity index (χ4v) is 4.83. The minimum absolute atomic E-state index is 0.0273. The van der Waals surface area contributed by atoms with Gasteiger partial charge in [-0.25, -0.2) is 0 Å². The van der Waals surface area contributed by atoms with Gasteiger partial charge in [0.25, 0.3) is 0 Å². The molecule has 31 heavy (non-hydrogen) atoms. The molecule has 5 nitrogen and oxygen atoms in total. The quantitative estimate of drug-likeness (QED) is 0.525. The predicted molar refractivity (Wildman–Crippen MR) is 127 cm³/mol. The van der Waals surface area contributed by atoms with Crippen molar-refractivity contribution in [1.29, 1.82) is 0 Å². The van der Waals surface area contributed by atoms with Gasteiger partial charge in [-0.15, -0.1) is 13.2 Å². The molecule has 2 heterocycles. The molecular weight excluding hydrogens is 386 g/mol. The van der Waals surface area contributed by atoms with Gasteiger partial charge in [-0.05, 0) is 69.1 Å². The first-order valence-electron chi connectivity index (χ1n) is 11.2. The molecule has 0 radical (unpaired) electrons. The van der Waals surface area contributed by atoms with E-state index in [1.807, 2.05) is 0 Å². The molecule has 2 aliphatic heterocycles. The molecule has 2 N–H and O–H groups in total. The van der Waals surface area contributed by atoms with E-state index in [1.165, 1.54) is 18.4 Å². The lowest BCUT2D eigenvalue weighted by atomic mass is 10.0. The van der Waals surface area contributed by atoms with Gasteiger partial charge in [-0.3, -0.25) is 9.69 Å². The van der Waals surface area contributed by atoms with Crippen LogP contribution in [0.1, 0.15) is 37.8 Å². The molecule has 2 aromatic rings. The number of phenolic OH excluding ortho intramolecular Hbond substituents is 1. The summed E-state index contributed by atoms with van der Waals surface area (Å²) in [5, 5.41) is 12.4. The topological polar surface area (TPSA) is 55.8 Å². The Balaban J connectivity index is 0.00000132. The third-order valence-electron chi connectivity index (χ3n) is 6.35. The average Bonchev–Trinajstić information content (AvgIpc) is 3.47. The van der Waals surface area contributed by atoms with Crippen molar-refractivity contribution in [2.45, 2.75) is 38.3 Å². The van der Waals surface area contributed by atoms with E-state index in [0.717, 1.165) is 38.3 Å². The summed E-state index contributed by atoms with van der Waals surface area (Å²) < 4.78 is 0. The normalized spacial score (nSPS) is 22.5. The summed E-state index contributed by atoms with van der Waals surface area (Å²) in [4.78, 5) is 17.7. The van der Waals surface area contributed by atoms with Gasteiger partial charge in [0.15, 0.2) is 0 Å². The van der Waals surface area contributed by atoms with Crippen LogP contribution in [0, 0.1) is 5.92 Å². The minimum Gasteiger partial charge on any atom is -0.508 e. The van der Waals surface area contributed by atoms with E-state index in [2.05, 4.69) is 65.5 Å². The molecule has 2 aliphatic rings. The first kappa shape index (κ1) is 23.0. The molecular formula is C26H35N3O2. The maximum Gasteiger partial charge on any atom is 0.228 e. The zero-order valence-electron chi connectivity index (χ0n) is 18.5. The Labute approximate surface area is 186 Å². The van der Waals surface area contributed by atoms with Gasteiger partial charge in [-0.2, -0.15) is 0 Å². The van der Waals surface area contributed by atoms with Crippen LogP contribution in [-0.4, -0.2) is 53.0 Å². The highest BCUT2D eigenvalue weighted by Gasteiger charge is 2.33. The van der Waals surface area contributed by atoms with Gasteiger partial charge in [-0.1, -0.05) is 30.3 Å². The Kier molecular flexibility index (Phi) is 8.27. The van der Waals surface area contributed by atoms with Gasteiger partial charge in [0, 0.05) is 30.9 Å². The van der Waals surface area contributed by atoms with Crippen LogP contribution >= 0.6 is 0 Å². The molecule has 4 rings (SSSR count). The third kappa shape index (κ3) is 5.96. The number of hydrogen-bond acceptors (Lipinski definition) is 4. The highest BCUT2D eigenvalue weighted by Crippen LogP contribution is 2.34. The van der Waals surface area contributed by atoms with Crippen LogP contribution in [-0.2, 0) is 4.79 Å². The number of phenols is 1. The summed E-state index contributed by atoms with van der Waals surface area (Å²) >= 11 is 0. The molecule has 5 heteroatoms. The van der Waals surface area contributed by atoms with Crippen LogP contribution in [0.25, 0.3) is 0 Å². The summed E-state index contributed by atoms with van der Waals surface area (Å²) in [6.07, 6.45) is 3.38. The van der Waals surface area contributed by atoms with E-state index in [0.29, 0.717) is 12.1 Å². The van der Waals surface area contributed by atoms with Crippen LogP contribution in [0.5, 0.6) is 5.75 Å². The van der Waals surface area contributed by atoms with E-state index in [9.17, 15) is 9.90 Å². The number of hydrogen-bond donors (Lipinski definition) is 2. The highest BCUT2D eigenvalue weighted by molar-refractivity contribution is 5.92. The monoisotopic (exact) mass is 421 g/mol. The van der Waals surface area contributed by atoms with Gasteiger partial charge >= 0.3 is 0 Å². The number of carbonyl (C=O) groups is 1. The molecule has 3 atom stereocenters. The van der Waals surface area contributed by atoms with Crippen LogP contribution in [0.2, 0.25) is 0 Å². The summed E-state index contributed by atoms with van der Waals surface area (Å²) in [6, 6.07) is 18.5. The van der Waals surface area contributed by atoms with Crippen molar-refractivity contribution in [3.8, 4) is 5.75 Å². The number of rotatable bonds is 6. The average molecular weight is 422 g/mol. The third-order valence-corrected chi connectivity index (χ3v) is 6.35. The largest absolute Gasteiger partial charge is 0.508 e. The molecule has 166 valence electrons. The van der Waals surface area contributed by atoms with Crippen LogP contribution < -0.4 is 5.32 Å². The number of benzene rings is 2. The standard InChI is InChI=1S/C24H31N3O2.C2H4/c1-18(27-14-5-8-23(27)19-6-3-2-4-7-19)16-26-15-13-20(17-26)24(29)25-21-9-11-22(28)12-10-21;1-2/h2-4,6-7,9-12,18,20,23,28H,5,8,13-17H2,1H3,(H,25,29);1-2H2. The first-order valence-corrected chi connectivity index (χ1v) is 11.2. The van der Waals surface area contributed by atoms with Crippen molar-refractivity contribution in [3.63, 3.8) is 0 Å². The number of nitrogens with one attached hydrogen (secondary N) is 1. The number of carbonyl (C=O) groups excluding carboxylic acids is 1. The Morgan fingerprint density at radius 3 is 2.52 bits per heavy atom. The van der Waals surface area contributed by atoms with E-state index in [1.54, 1.807) is 24.3 Å². The fraction of sp³-hybridized carbons (Fsp3) is 0.423. The SMILES string of the molecule is C=C.CC(CN1CCC(C(=O)Nc2ccc(O)cc2)C1)N1CCCC1c1ccccc1. The molecule has 3 unspecified atom stereocenters. The second-order valence-corrected chi connectivity index (χ2v) is 8.44. The maximum absolute atomic E-state index is 12.6. The van der Waals surface area contributed by atoms with Gasteiger partial charge < -0.3 is 15.3 Å². The second-order valence-electron chi connectivity index (χ2n) is 8.44. The van der Waals surface area contributed by atoms with Crippen LogP contribution in [0.4, 0.5) is 5.69 Å². The van der Waals surface area contributed by atoms with E-state index in [4.69, 9.17) is 0 Å². The van der Waals surface area contributed by atoms with Crippen molar-refractivity contribution in [2.75, 3.05) is 31.5 Å². The van der Waals surface area contributed by atoms with Crippen molar-refractivity contribution in [3.05, 3.63) is 73.3 Å². The van der Waals surface area contributed by atoms with Crippen molar-refractivity contribution in [1.82, 2.24) is 9.80 Å². The van der Waals surface area contributed by atoms with E-state index < -0.39 is 0 Å². The molecule has 0 bridgehead atoms. The zero-order valence-corrected chi connectivity index (χ0v) is 18.5. The second kappa shape index (κ2) is 11.1. The van der Waals surface area contributed by atoms with Gasteiger partial charge in [0.1, 0.15) is 5.75 Å². The lowest BCUT2D eigenvalue weighted by Gasteiger charge is -2.33. The number of amides is 1. The summed E-state index contributed by atoms with van der Waals surface area (Å²) in [5.74, 6) is 0.313. The Hall–Kier alpha value is -2.63. The molecule has 0 spiro atoms. The molecule has 0 saturated carbocycles. The van der Waals surface area contributed by atoms with E-state index in [-0.39, 0.29) is 17.6 Å². The lowest BCUT2D eigenvalue weighted by molar-refractivity contribution is -0.119. The van der Waals surface area contributed by atoms with Crippen LogP contribution in [0.15, 0.2) is 67.8 Å².